The van der Waals surface area contributed by atoms with Crippen LogP contribution >= 0.6 is 0 Å². The van der Waals surface area contributed by atoms with Crippen LogP contribution in [0.5, 0.6) is 0 Å². The second-order valence-corrected chi connectivity index (χ2v) is 3.91. The topological polar surface area (TPSA) is 27.0 Å². The molecule has 0 bridgehead atoms. The highest BCUT2D eigenvalue weighted by Crippen LogP contribution is 2.10. The SMILES string of the molecule is CCC(CC#N)N(CC)CC(C)C. The van der Waals surface area contributed by atoms with Crippen LogP contribution in [-0.4, -0.2) is 24.0 Å². The molecule has 0 rings (SSSR count). The Balaban J connectivity index is 4.09. The number of hydrogen-bond donors (Lipinski definition) is 0. The van der Waals surface area contributed by atoms with Crippen molar-refractivity contribution in [3.63, 3.8) is 0 Å². The van der Waals surface area contributed by atoms with Crippen LogP contribution in [0.1, 0.15) is 40.5 Å². The fraction of sp³-hybridized carbons (Fsp3) is 0.909. The van der Waals surface area contributed by atoms with Crippen LogP contribution in [0.3, 0.4) is 0 Å². The molecule has 0 radical (unpaired) electrons. The van der Waals surface area contributed by atoms with Crippen molar-refractivity contribution in [3.05, 3.63) is 0 Å². The van der Waals surface area contributed by atoms with Crippen molar-refractivity contribution in [1.29, 1.82) is 5.26 Å². The molecule has 0 heterocycles. The van der Waals surface area contributed by atoms with E-state index in [1.165, 1.54) is 0 Å². The molecule has 0 aromatic carbocycles. The molecule has 2 heteroatoms. The molecule has 0 aliphatic carbocycles. The van der Waals surface area contributed by atoms with Crippen LogP contribution in [0.4, 0.5) is 0 Å². The Bertz CT molecular complexity index is 158. The number of nitriles is 1. The van der Waals surface area contributed by atoms with E-state index in [2.05, 4.69) is 38.7 Å². The first-order chi connectivity index (χ1) is 6.15. The van der Waals surface area contributed by atoms with E-state index < -0.39 is 0 Å². The quantitative estimate of drug-likeness (QED) is 0.631. The maximum Gasteiger partial charge on any atom is 0.0638 e. The normalized spacial score (nSPS) is 13.3. The first kappa shape index (κ1) is 12.4. The smallest absolute Gasteiger partial charge is 0.0638 e. The van der Waals surface area contributed by atoms with Crippen molar-refractivity contribution in [2.24, 2.45) is 5.92 Å². The molecule has 76 valence electrons. The fourth-order valence-electron chi connectivity index (χ4n) is 1.64. The maximum absolute atomic E-state index is 8.67. The van der Waals surface area contributed by atoms with E-state index in [4.69, 9.17) is 5.26 Å². The molecule has 0 fully saturated rings. The molecule has 0 saturated carbocycles. The van der Waals surface area contributed by atoms with Gasteiger partial charge in [0, 0.05) is 12.6 Å². The summed E-state index contributed by atoms with van der Waals surface area (Å²) in [5.41, 5.74) is 0. The summed E-state index contributed by atoms with van der Waals surface area (Å²) in [6.07, 6.45) is 1.74. The minimum atomic E-state index is 0.456. The van der Waals surface area contributed by atoms with E-state index in [-0.39, 0.29) is 0 Å². The summed E-state index contributed by atoms with van der Waals surface area (Å²) in [6.45, 7) is 10.9. The third kappa shape index (κ3) is 4.90. The van der Waals surface area contributed by atoms with Crippen molar-refractivity contribution >= 4 is 0 Å². The van der Waals surface area contributed by atoms with Crippen LogP contribution in [0.15, 0.2) is 0 Å². The molecule has 1 unspecified atom stereocenters. The molecule has 0 aromatic rings. The first-order valence-electron chi connectivity index (χ1n) is 5.26. The van der Waals surface area contributed by atoms with E-state index in [0.29, 0.717) is 18.4 Å². The molecule has 0 N–H and O–H groups in total. The van der Waals surface area contributed by atoms with Gasteiger partial charge in [-0.25, -0.2) is 0 Å². The van der Waals surface area contributed by atoms with Gasteiger partial charge in [-0.1, -0.05) is 27.7 Å². The van der Waals surface area contributed by atoms with Gasteiger partial charge in [0.1, 0.15) is 0 Å². The van der Waals surface area contributed by atoms with Crippen LogP contribution in [0.2, 0.25) is 0 Å². The predicted molar refractivity (Wildman–Crippen MR) is 56.4 cm³/mol. The summed E-state index contributed by atoms with van der Waals surface area (Å²) in [5, 5.41) is 8.67. The summed E-state index contributed by atoms with van der Waals surface area (Å²) in [6, 6.07) is 2.72. The lowest BCUT2D eigenvalue weighted by Gasteiger charge is -2.29. The summed E-state index contributed by atoms with van der Waals surface area (Å²) in [7, 11) is 0. The minimum absolute atomic E-state index is 0.456. The Kier molecular flexibility index (Phi) is 6.62. The zero-order valence-corrected chi connectivity index (χ0v) is 9.38. The molecule has 0 amide bonds. The monoisotopic (exact) mass is 182 g/mol. The summed E-state index contributed by atoms with van der Waals surface area (Å²) in [5.74, 6) is 0.688. The van der Waals surface area contributed by atoms with Gasteiger partial charge in [-0.05, 0) is 18.9 Å². The lowest BCUT2D eigenvalue weighted by Crippen LogP contribution is -2.37. The van der Waals surface area contributed by atoms with Crippen molar-refractivity contribution < 1.29 is 0 Å². The standard InChI is InChI=1S/C11H22N2/c1-5-11(7-8-12)13(6-2)9-10(3)4/h10-11H,5-7,9H2,1-4H3. The van der Waals surface area contributed by atoms with Gasteiger partial charge in [0.15, 0.2) is 0 Å². The van der Waals surface area contributed by atoms with E-state index >= 15 is 0 Å². The average Bonchev–Trinajstić information content (AvgIpc) is 2.10. The molecule has 0 spiro atoms. The van der Waals surface area contributed by atoms with Crippen LogP contribution in [0, 0.1) is 17.2 Å². The van der Waals surface area contributed by atoms with Gasteiger partial charge in [0.05, 0.1) is 12.5 Å². The highest BCUT2D eigenvalue weighted by molar-refractivity contribution is 4.81. The Morgan fingerprint density at radius 2 is 1.92 bits per heavy atom. The average molecular weight is 182 g/mol. The van der Waals surface area contributed by atoms with Gasteiger partial charge in [-0.3, -0.25) is 4.90 Å². The van der Waals surface area contributed by atoms with E-state index in [9.17, 15) is 0 Å². The molecular formula is C11H22N2. The molecule has 0 aliphatic heterocycles. The van der Waals surface area contributed by atoms with Crippen LogP contribution < -0.4 is 0 Å². The number of nitrogens with zero attached hydrogens (tertiary/aromatic N) is 2. The van der Waals surface area contributed by atoms with Gasteiger partial charge >= 0.3 is 0 Å². The maximum atomic E-state index is 8.67. The zero-order chi connectivity index (χ0) is 10.3. The second-order valence-electron chi connectivity index (χ2n) is 3.91. The highest BCUT2D eigenvalue weighted by atomic mass is 15.1. The van der Waals surface area contributed by atoms with Crippen molar-refractivity contribution in [2.75, 3.05) is 13.1 Å². The molecule has 13 heavy (non-hydrogen) atoms. The third-order valence-electron chi connectivity index (χ3n) is 2.32. The van der Waals surface area contributed by atoms with Gasteiger partial charge in [-0.15, -0.1) is 0 Å². The molecule has 1 atom stereocenters. The van der Waals surface area contributed by atoms with Crippen molar-refractivity contribution in [3.8, 4) is 6.07 Å². The van der Waals surface area contributed by atoms with Gasteiger partial charge < -0.3 is 0 Å². The number of rotatable bonds is 6. The fourth-order valence-corrected chi connectivity index (χ4v) is 1.64. The van der Waals surface area contributed by atoms with Gasteiger partial charge in [-0.2, -0.15) is 5.26 Å². The zero-order valence-electron chi connectivity index (χ0n) is 9.38. The highest BCUT2D eigenvalue weighted by Gasteiger charge is 2.15. The van der Waals surface area contributed by atoms with Gasteiger partial charge in [0.25, 0.3) is 0 Å². The molecule has 0 aliphatic rings. The Hall–Kier alpha value is -0.550. The van der Waals surface area contributed by atoms with Gasteiger partial charge in [0.2, 0.25) is 0 Å². The summed E-state index contributed by atoms with van der Waals surface area (Å²) in [4.78, 5) is 2.41. The largest absolute Gasteiger partial charge is 0.299 e. The summed E-state index contributed by atoms with van der Waals surface area (Å²) >= 11 is 0. The lowest BCUT2D eigenvalue weighted by molar-refractivity contribution is 0.181. The summed E-state index contributed by atoms with van der Waals surface area (Å²) < 4.78 is 0. The number of hydrogen-bond acceptors (Lipinski definition) is 2. The Labute approximate surface area is 82.5 Å². The third-order valence-corrected chi connectivity index (χ3v) is 2.32. The Morgan fingerprint density at radius 1 is 1.31 bits per heavy atom. The Morgan fingerprint density at radius 3 is 2.23 bits per heavy atom. The van der Waals surface area contributed by atoms with E-state index in [1.54, 1.807) is 0 Å². The first-order valence-corrected chi connectivity index (χ1v) is 5.26. The van der Waals surface area contributed by atoms with Crippen LogP contribution in [-0.2, 0) is 0 Å². The van der Waals surface area contributed by atoms with E-state index in [0.717, 1.165) is 19.5 Å². The van der Waals surface area contributed by atoms with E-state index in [1.807, 2.05) is 0 Å². The van der Waals surface area contributed by atoms with Crippen LogP contribution in [0.25, 0.3) is 0 Å². The molecule has 0 saturated heterocycles. The van der Waals surface area contributed by atoms with Crippen molar-refractivity contribution in [2.45, 2.75) is 46.6 Å². The predicted octanol–water partition coefficient (Wildman–Crippen LogP) is 2.66. The second kappa shape index (κ2) is 6.91. The lowest BCUT2D eigenvalue weighted by atomic mass is 10.1. The molecular weight excluding hydrogens is 160 g/mol. The minimum Gasteiger partial charge on any atom is -0.299 e. The molecule has 2 nitrogen and oxygen atoms in total. The molecule has 0 aromatic heterocycles. The van der Waals surface area contributed by atoms with Crippen molar-refractivity contribution in [1.82, 2.24) is 4.90 Å².